The second-order valence-electron chi connectivity index (χ2n) is 6.04. The maximum absolute atomic E-state index is 9.98. The highest BCUT2D eigenvalue weighted by Crippen LogP contribution is 2.39. The van der Waals surface area contributed by atoms with Gasteiger partial charge >= 0.3 is 0 Å². The van der Waals surface area contributed by atoms with Gasteiger partial charge in [-0.1, -0.05) is 25.4 Å². The lowest BCUT2D eigenvalue weighted by Crippen LogP contribution is -2.25. The van der Waals surface area contributed by atoms with Crippen molar-refractivity contribution in [1.82, 2.24) is 9.97 Å². The summed E-state index contributed by atoms with van der Waals surface area (Å²) in [6, 6.07) is 1.83. The van der Waals surface area contributed by atoms with Crippen molar-refractivity contribution in [2.45, 2.75) is 38.7 Å². The van der Waals surface area contributed by atoms with Gasteiger partial charge in [-0.05, 0) is 18.8 Å². The predicted molar refractivity (Wildman–Crippen MR) is 75.6 cm³/mol. The van der Waals surface area contributed by atoms with Crippen LogP contribution in [0.4, 0.5) is 5.82 Å². The summed E-state index contributed by atoms with van der Waals surface area (Å²) < 4.78 is 0. The highest BCUT2D eigenvalue weighted by Gasteiger charge is 2.42. The topological polar surface area (TPSA) is 49.2 Å². The molecular weight excluding hydrogens is 262 g/mol. The first kappa shape index (κ1) is 13.1. The van der Waals surface area contributed by atoms with Crippen LogP contribution in [-0.2, 0) is 0 Å². The number of fused-ring (bicyclic) bond motifs is 1. The van der Waals surface area contributed by atoms with Crippen molar-refractivity contribution in [2.75, 3.05) is 18.0 Å². The quantitative estimate of drug-likeness (QED) is 0.846. The molecule has 3 unspecified atom stereocenters. The molecule has 104 valence electrons. The first-order valence-corrected chi connectivity index (χ1v) is 7.40. The van der Waals surface area contributed by atoms with E-state index in [0.29, 0.717) is 17.0 Å². The lowest BCUT2D eigenvalue weighted by Gasteiger charge is -2.20. The van der Waals surface area contributed by atoms with Gasteiger partial charge in [0.25, 0.3) is 0 Å². The smallest absolute Gasteiger partial charge is 0.135 e. The van der Waals surface area contributed by atoms with Crippen LogP contribution in [0.15, 0.2) is 6.07 Å². The number of rotatable bonds is 2. The van der Waals surface area contributed by atoms with Crippen molar-refractivity contribution < 1.29 is 5.11 Å². The van der Waals surface area contributed by atoms with E-state index < -0.39 is 0 Å². The Labute approximate surface area is 118 Å². The fourth-order valence-electron chi connectivity index (χ4n) is 3.27. The fraction of sp³-hybridized carbons (Fsp3) is 0.714. The van der Waals surface area contributed by atoms with Crippen LogP contribution in [-0.4, -0.2) is 34.3 Å². The Morgan fingerprint density at radius 1 is 1.32 bits per heavy atom. The van der Waals surface area contributed by atoms with E-state index >= 15 is 0 Å². The summed E-state index contributed by atoms with van der Waals surface area (Å²) in [6.07, 6.45) is 1.93. The monoisotopic (exact) mass is 281 g/mol. The number of hydrogen-bond donors (Lipinski definition) is 1. The molecule has 1 N–H and O–H groups in total. The molecule has 1 aromatic rings. The summed E-state index contributed by atoms with van der Waals surface area (Å²) in [4.78, 5) is 11.1. The Kier molecular flexibility index (Phi) is 3.39. The number of aliphatic hydroxyl groups is 1. The lowest BCUT2D eigenvalue weighted by atomic mass is 10.00. The molecule has 1 aliphatic carbocycles. The number of aliphatic hydroxyl groups excluding tert-OH is 1. The number of halogens is 1. The van der Waals surface area contributed by atoms with Gasteiger partial charge in [0.15, 0.2) is 0 Å². The minimum atomic E-state index is -0.142. The van der Waals surface area contributed by atoms with Crippen LogP contribution in [0.3, 0.4) is 0 Å². The minimum absolute atomic E-state index is 0.142. The molecule has 2 fully saturated rings. The van der Waals surface area contributed by atoms with E-state index in [1.54, 1.807) is 0 Å². The first-order chi connectivity index (χ1) is 9.04. The number of aromatic nitrogens is 2. The summed E-state index contributed by atoms with van der Waals surface area (Å²) in [7, 11) is 0. The summed E-state index contributed by atoms with van der Waals surface area (Å²) in [5, 5.41) is 10.5. The molecule has 3 atom stereocenters. The molecule has 5 heteroatoms. The zero-order valence-corrected chi connectivity index (χ0v) is 12.1. The Hall–Kier alpha value is -0.870. The van der Waals surface area contributed by atoms with Gasteiger partial charge < -0.3 is 10.0 Å². The maximum atomic E-state index is 9.98. The van der Waals surface area contributed by atoms with E-state index in [4.69, 9.17) is 11.6 Å². The van der Waals surface area contributed by atoms with Gasteiger partial charge in [0.2, 0.25) is 0 Å². The minimum Gasteiger partial charge on any atom is -0.393 e. The molecule has 2 aliphatic rings. The first-order valence-electron chi connectivity index (χ1n) is 7.02. The zero-order valence-electron chi connectivity index (χ0n) is 11.4. The Bertz CT molecular complexity index is 480. The van der Waals surface area contributed by atoms with Crippen molar-refractivity contribution in [1.29, 1.82) is 0 Å². The Morgan fingerprint density at radius 3 is 2.79 bits per heavy atom. The summed E-state index contributed by atoms with van der Waals surface area (Å²) in [5.74, 6) is 2.97. The zero-order chi connectivity index (χ0) is 13.6. The molecule has 1 aliphatic heterocycles. The van der Waals surface area contributed by atoms with Crippen LogP contribution in [0, 0.1) is 11.8 Å². The van der Waals surface area contributed by atoms with Crippen LogP contribution < -0.4 is 4.90 Å². The molecule has 4 nitrogen and oxygen atoms in total. The molecule has 0 aromatic carbocycles. The SMILES string of the molecule is CC(C)c1nc(Cl)cc(N2CC3CCC(O)C3C2)n1. The van der Waals surface area contributed by atoms with E-state index in [1.807, 2.05) is 6.07 Å². The molecule has 1 saturated heterocycles. The highest BCUT2D eigenvalue weighted by molar-refractivity contribution is 6.29. The van der Waals surface area contributed by atoms with E-state index in [0.717, 1.165) is 37.6 Å². The molecule has 1 saturated carbocycles. The van der Waals surface area contributed by atoms with Crippen LogP contribution in [0.5, 0.6) is 0 Å². The maximum Gasteiger partial charge on any atom is 0.135 e. The number of hydrogen-bond acceptors (Lipinski definition) is 4. The van der Waals surface area contributed by atoms with Gasteiger partial charge in [0, 0.05) is 31.0 Å². The van der Waals surface area contributed by atoms with Gasteiger partial charge in [-0.2, -0.15) is 0 Å². The van der Waals surface area contributed by atoms with E-state index in [2.05, 4.69) is 28.7 Å². The van der Waals surface area contributed by atoms with Crippen molar-refractivity contribution in [3.8, 4) is 0 Å². The largest absolute Gasteiger partial charge is 0.393 e. The van der Waals surface area contributed by atoms with Gasteiger partial charge in [-0.25, -0.2) is 9.97 Å². The van der Waals surface area contributed by atoms with Crippen LogP contribution in [0.2, 0.25) is 5.15 Å². The van der Waals surface area contributed by atoms with Crippen LogP contribution in [0.1, 0.15) is 38.4 Å². The summed E-state index contributed by atoms with van der Waals surface area (Å²) in [5.41, 5.74) is 0. The van der Waals surface area contributed by atoms with Crippen molar-refractivity contribution >= 4 is 17.4 Å². The van der Waals surface area contributed by atoms with Gasteiger partial charge in [-0.3, -0.25) is 0 Å². The molecular formula is C14H20ClN3O. The molecule has 0 spiro atoms. The van der Waals surface area contributed by atoms with Gasteiger partial charge in [0.1, 0.15) is 16.8 Å². The molecule has 1 aromatic heterocycles. The summed E-state index contributed by atoms with van der Waals surface area (Å²) in [6.45, 7) is 6.00. The average Bonchev–Trinajstić information content (AvgIpc) is 2.91. The van der Waals surface area contributed by atoms with Crippen molar-refractivity contribution in [2.24, 2.45) is 11.8 Å². The normalized spacial score (nSPS) is 30.2. The second kappa shape index (κ2) is 4.91. The van der Waals surface area contributed by atoms with Crippen LogP contribution in [0.25, 0.3) is 0 Å². The fourth-order valence-corrected chi connectivity index (χ4v) is 3.45. The Balaban J connectivity index is 1.84. The third-order valence-electron chi connectivity index (χ3n) is 4.36. The number of nitrogens with zero attached hydrogens (tertiary/aromatic N) is 3. The van der Waals surface area contributed by atoms with Crippen LogP contribution >= 0.6 is 11.6 Å². The third kappa shape index (κ3) is 2.43. The highest BCUT2D eigenvalue weighted by atomic mass is 35.5. The third-order valence-corrected chi connectivity index (χ3v) is 4.55. The van der Waals surface area contributed by atoms with E-state index in [-0.39, 0.29) is 12.0 Å². The molecule has 2 heterocycles. The lowest BCUT2D eigenvalue weighted by molar-refractivity contribution is 0.133. The van der Waals surface area contributed by atoms with Crippen molar-refractivity contribution in [3.05, 3.63) is 17.0 Å². The second-order valence-corrected chi connectivity index (χ2v) is 6.42. The number of anilines is 1. The van der Waals surface area contributed by atoms with Gasteiger partial charge in [0.05, 0.1) is 6.10 Å². The molecule has 19 heavy (non-hydrogen) atoms. The van der Waals surface area contributed by atoms with E-state index in [9.17, 15) is 5.11 Å². The summed E-state index contributed by atoms with van der Waals surface area (Å²) >= 11 is 6.09. The predicted octanol–water partition coefficient (Wildman–Crippen LogP) is 2.46. The average molecular weight is 282 g/mol. The Morgan fingerprint density at radius 2 is 2.11 bits per heavy atom. The standard InChI is InChI=1S/C14H20ClN3O/c1-8(2)14-16-12(15)5-13(17-14)18-6-9-3-4-11(19)10(9)7-18/h5,8-11,19H,3-4,6-7H2,1-2H3. The molecule has 3 rings (SSSR count). The molecule has 0 amide bonds. The van der Waals surface area contributed by atoms with Gasteiger partial charge in [-0.15, -0.1) is 0 Å². The molecule has 0 bridgehead atoms. The van der Waals surface area contributed by atoms with E-state index in [1.165, 1.54) is 0 Å². The van der Waals surface area contributed by atoms with Crippen molar-refractivity contribution in [3.63, 3.8) is 0 Å². The molecule has 0 radical (unpaired) electrons.